The van der Waals surface area contributed by atoms with E-state index in [2.05, 4.69) is 26.0 Å². The highest BCUT2D eigenvalue weighted by molar-refractivity contribution is 5.97. The molecular formula is C35H31N5O5. The lowest BCUT2D eigenvalue weighted by Crippen LogP contribution is -2.13. The Bertz CT molecular complexity index is 1960. The molecule has 0 fully saturated rings. The summed E-state index contributed by atoms with van der Waals surface area (Å²) in [7, 11) is 3.12. The van der Waals surface area contributed by atoms with E-state index in [1.165, 1.54) is 13.2 Å². The lowest BCUT2D eigenvalue weighted by molar-refractivity contribution is 0.0959. The van der Waals surface area contributed by atoms with Gasteiger partial charge in [-0.25, -0.2) is 15.0 Å². The third-order valence-corrected chi connectivity index (χ3v) is 7.48. The van der Waals surface area contributed by atoms with Gasteiger partial charge in [0, 0.05) is 36.7 Å². The molecule has 0 saturated heterocycles. The normalized spacial score (nSPS) is 13.2. The summed E-state index contributed by atoms with van der Waals surface area (Å²) in [6.07, 6.45) is 8.14. The topological polar surface area (TPSA) is 148 Å². The van der Waals surface area contributed by atoms with Crippen molar-refractivity contribution in [3.05, 3.63) is 111 Å². The maximum Gasteiger partial charge on any atom is 0.213 e. The van der Waals surface area contributed by atoms with Crippen molar-refractivity contribution in [2.24, 2.45) is 0 Å². The number of methoxy groups -OCH3 is 2. The summed E-state index contributed by atoms with van der Waals surface area (Å²) in [5, 5.41) is 8.78. The standard InChI is InChI=1S/C16H12N2O.C10H11NO2.C9H8N2O2/c17-10-11-4-6-12(7-5-11)14-9-8-13-2-1-3-15(19)16(13)18-14;1-13-8-5-7-3-2-4-9(12)10(7)11-6-8;1-13-8-3-2-6-9(11-8)7(12)4-5-10-6/h4-9H,1-3H2;5-6H,2-4H2,1H3;2-5H,1H3,(H,10,12). The van der Waals surface area contributed by atoms with E-state index in [4.69, 9.17) is 14.7 Å². The van der Waals surface area contributed by atoms with Crippen LogP contribution in [0.4, 0.5) is 0 Å². The number of aromatic amines is 1. The summed E-state index contributed by atoms with van der Waals surface area (Å²) in [6.45, 7) is 0. The first kappa shape index (κ1) is 30.8. The van der Waals surface area contributed by atoms with Gasteiger partial charge in [0.15, 0.2) is 11.6 Å². The maximum absolute atomic E-state index is 11.9. The summed E-state index contributed by atoms with van der Waals surface area (Å²) in [5.41, 5.74) is 6.68. The number of carbonyl (C=O) groups excluding carboxylic acids is 2. The number of Topliss-reactive ketones (excluding diaryl/α,β-unsaturated/α-hetero) is 2. The molecule has 0 amide bonds. The molecule has 0 bridgehead atoms. The van der Waals surface area contributed by atoms with Crippen LogP contribution in [0.15, 0.2) is 77.9 Å². The largest absolute Gasteiger partial charge is 0.495 e. The second kappa shape index (κ2) is 14.2. The van der Waals surface area contributed by atoms with E-state index in [-0.39, 0.29) is 17.0 Å². The fourth-order valence-electron chi connectivity index (χ4n) is 5.11. The molecule has 4 aromatic heterocycles. The number of aryl methyl sites for hydroxylation is 2. The lowest BCUT2D eigenvalue weighted by atomic mass is 9.94. The first-order valence-electron chi connectivity index (χ1n) is 14.5. The van der Waals surface area contributed by atoms with Gasteiger partial charge in [0.05, 0.1) is 43.3 Å². The number of rotatable bonds is 3. The molecule has 2 aliphatic carbocycles. The van der Waals surface area contributed by atoms with E-state index in [1.807, 2.05) is 30.3 Å². The number of fused-ring (bicyclic) bond motifs is 3. The highest BCUT2D eigenvalue weighted by Gasteiger charge is 2.20. The minimum absolute atomic E-state index is 0.104. The quantitative estimate of drug-likeness (QED) is 0.276. The molecule has 2 aliphatic rings. The lowest BCUT2D eigenvalue weighted by Gasteiger charge is -2.14. The van der Waals surface area contributed by atoms with Gasteiger partial charge in [-0.05, 0) is 67.1 Å². The molecule has 5 aromatic rings. The number of ketones is 2. The van der Waals surface area contributed by atoms with Gasteiger partial charge in [0.25, 0.3) is 0 Å². The number of nitriles is 1. The third-order valence-electron chi connectivity index (χ3n) is 7.48. The molecule has 0 saturated carbocycles. The van der Waals surface area contributed by atoms with Crippen molar-refractivity contribution in [2.45, 2.75) is 38.5 Å². The number of aromatic nitrogens is 4. The molecule has 4 heterocycles. The Morgan fingerprint density at radius 2 is 1.51 bits per heavy atom. The first-order valence-corrected chi connectivity index (χ1v) is 14.5. The van der Waals surface area contributed by atoms with E-state index >= 15 is 0 Å². The number of ether oxygens (including phenoxy) is 2. The molecule has 1 aromatic carbocycles. The first-order chi connectivity index (χ1) is 21.9. The van der Waals surface area contributed by atoms with Crippen LogP contribution in [0.5, 0.6) is 11.6 Å². The summed E-state index contributed by atoms with van der Waals surface area (Å²) in [5.74, 6) is 1.47. The zero-order valence-electron chi connectivity index (χ0n) is 25.0. The predicted octanol–water partition coefficient (Wildman–Crippen LogP) is 5.68. The zero-order chi connectivity index (χ0) is 31.8. The summed E-state index contributed by atoms with van der Waals surface area (Å²) < 4.78 is 9.96. The van der Waals surface area contributed by atoms with Crippen LogP contribution in [0, 0.1) is 11.3 Å². The number of hydrogen-bond donors (Lipinski definition) is 1. The summed E-state index contributed by atoms with van der Waals surface area (Å²) in [6, 6.07) is 20.1. The SMILES string of the molecule is COc1ccc2[nH]ccc(=O)c2n1.COc1cnc2c(c1)CCCC2=O.N#Cc1ccc(-c2ccc3c(n2)C(=O)CCC3)cc1. The van der Waals surface area contributed by atoms with Crippen LogP contribution in [-0.4, -0.2) is 45.7 Å². The molecule has 226 valence electrons. The van der Waals surface area contributed by atoms with Crippen LogP contribution in [-0.2, 0) is 12.8 Å². The molecular weight excluding hydrogens is 570 g/mol. The maximum atomic E-state index is 11.9. The van der Waals surface area contributed by atoms with E-state index in [0.717, 1.165) is 53.8 Å². The van der Waals surface area contributed by atoms with E-state index < -0.39 is 0 Å². The van der Waals surface area contributed by atoms with Crippen molar-refractivity contribution in [3.8, 4) is 29.0 Å². The molecule has 10 heteroatoms. The Hall–Kier alpha value is -5.69. The Kier molecular flexibility index (Phi) is 9.70. The van der Waals surface area contributed by atoms with Crippen molar-refractivity contribution in [1.82, 2.24) is 19.9 Å². The van der Waals surface area contributed by atoms with Crippen LogP contribution in [0.25, 0.3) is 22.3 Å². The molecule has 1 N–H and O–H groups in total. The molecule has 45 heavy (non-hydrogen) atoms. The minimum atomic E-state index is -0.104. The average Bonchev–Trinajstić information content (AvgIpc) is 3.09. The fraction of sp³-hybridized carbons (Fsp3) is 0.229. The van der Waals surface area contributed by atoms with Gasteiger partial charge in [0.1, 0.15) is 22.7 Å². The smallest absolute Gasteiger partial charge is 0.213 e. The van der Waals surface area contributed by atoms with Crippen LogP contribution >= 0.6 is 0 Å². The highest BCUT2D eigenvalue weighted by atomic mass is 16.5. The molecule has 0 spiro atoms. The molecule has 0 unspecified atom stereocenters. The average molecular weight is 602 g/mol. The Balaban J connectivity index is 0.000000137. The molecule has 7 rings (SSSR count). The third kappa shape index (κ3) is 7.28. The van der Waals surface area contributed by atoms with Crippen molar-refractivity contribution < 1.29 is 19.1 Å². The second-order valence-corrected chi connectivity index (χ2v) is 10.4. The second-order valence-electron chi connectivity index (χ2n) is 10.4. The number of nitrogens with zero attached hydrogens (tertiary/aromatic N) is 4. The van der Waals surface area contributed by atoms with Crippen molar-refractivity contribution in [2.75, 3.05) is 14.2 Å². The van der Waals surface area contributed by atoms with Gasteiger partial charge in [-0.1, -0.05) is 18.2 Å². The Morgan fingerprint density at radius 3 is 2.22 bits per heavy atom. The van der Waals surface area contributed by atoms with E-state index in [0.29, 0.717) is 46.7 Å². The highest BCUT2D eigenvalue weighted by Crippen LogP contribution is 2.25. The van der Waals surface area contributed by atoms with Gasteiger partial charge >= 0.3 is 0 Å². The van der Waals surface area contributed by atoms with Crippen LogP contribution in [0.2, 0.25) is 0 Å². The van der Waals surface area contributed by atoms with Crippen LogP contribution < -0.4 is 14.9 Å². The van der Waals surface area contributed by atoms with Gasteiger partial charge in [-0.3, -0.25) is 14.4 Å². The van der Waals surface area contributed by atoms with Crippen LogP contribution in [0.3, 0.4) is 0 Å². The molecule has 10 nitrogen and oxygen atoms in total. The number of pyridine rings is 4. The molecule has 0 atom stereocenters. The number of hydrogen-bond acceptors (Lipinski definition) is 9. The summed E-state index contributed by atoms with van der Waals surface area (Å²) in [4.78, 5) is 50.1. The molecule has 0 aliphatic heterocycles. The van der Waals surface area contributed by atoms with Crippen molar-refractivity contribution in [3.63, 3.8) is 0 Å². The van der Waals surface area contributed by atoms with Gasteiger partial charge < -0.3 is 14.5 Å². The minimum Gasteiger partial charge on any atom is -0.495 e. The predicted molar refractivity (Wildman–Crippen MR) is 169 cm³/mol. The Labute approximate surface area is 259 Å². The van der Waals surface area contributed by atoms with Crippen LogP contribution in [0.1, 0.15) is 63.4 Å². The monoisotopic (exact) mass is 601 g/mol. The number of carbonyl (C=O) groups is 2. The van der Waals surface area contributed by atoms with E-state index in [1.54, 1.807) is 43.8 Å². The number of benzene rings is 1. The zero-order valence-corrected chi connectivity index (χ0v) is 25.0. The van der Waals surface area contributed by atoms with Crippen molar-refractivity contribution in [1.29, 1.82) is 5.26 Å². The van der Waals surface area contributed by atoms with E-state index in [9.17, 15) is 14.4 Å². The fourth-order valence-corrected chi connectivity index (χ4v) is 5.11. The van der Waals surface area contributed by atoms with Gasteiger partial charge in [-0.2, -0.15) is 5.26 Å². The Morgan fingerprint density at radius 1 is 0.778 bits per heavy atom. The number of nitrogens with one attached hydrogen (secondary N) is 1. The summed E-state index contributed by atoms with van der Waals surface area (Å²) >= 11 is 0. The van der Waals surface area contributed by atoms with Gasteiger partial charge in [-0.15, -0.1) is 0 Å². The van der Waals surface area contributed by atoms with Gasteiger partial charge in [0.2, 0.25) is 11.3 Å². The van der Waals surface area contributed by atoms with Crippen molar-refractivity contribution >= 4 is 22.6 Å². The molecule has 0 radical (unpaired) electrons. The number of H-pyrrole nitrogens is 1.